The summed E-state index contributed by atoms with van der Waals surface area (Å²) in [6, 6.07) is 7.29. The van der Waals surface area contributed by atoms with Crippen molar-refractivity contribution in [3.63, 3.8) is 0 Å². The molecule has 2 atom stereocenters. The number of rotatable bonds is 6. The van der Waals surface area contributed by atoms with Crippen molar-refractivity contribution in [2.45, 2.75) is 51.5 Å². The normalized spacial score (nSPS) is 22.2. The number of cyclic esters (lactones) is 1. The topological polar surface area (TPSA) is 55.7 Å². The van der Waals surface area contributed by atoms with Crippen LogP contribution in [0.5, 0.6) is 0 Å². The number of ether oxygens (including phenoxy) is 1. The quantitative estimate of drug-likeness (QED) is 0.746. The Morgan fingerprint density at radius 3 is 2.59 bits per heavy atom. The zero-order chi connectivity index (χ0) is 16.3. The molecule has 118 valence electrons. The molecule has 2 rings (SSSR count). The van der Waals surface area contributed by atoms with Crippen LogP contribution in [0.2, 0.25) is 5.02 Å². The summed E-state index contributed by atoms with van der Waals surface area (Å²) in [5.74, 6) is -0.464. The molecule has 1 aromatic carbocycles. The van der Waals surface area contributed by atoms with Crippen molar-refractivity contribution in [3.8, 4) is 0 Å². The Kier molecular flexibility index (Phi) is 5.01. The van der Waals surface area contributed by atoms with Crippen molar-refractivity contribution >= 4 is 29.3 Å². The fourth-order valence-electron chi connectivity index (χ4n) is 3.09. The summed E-state index contributed by atoms with van der Waals surface area (Å²) < 4.78 is 5.21. The number of benzene rings is 1. The van der Waals surface area contributed by atoms with Gasteiger partial charge in [-0.3, -0.25) is 0 Å². The van der Waals surface area contributed by atoms with Crippen LogP contribution in [-0.2, 0) is 14.3 Å². The van der Waals surface area contributed by atoms with Crippen LogP contribution in [0.25, 0.3) is 0 Å². The standard InChI is InChI=1S/C17H20ClNO3/c1-4-9-17(16(21)22-12(3)19-17)14(10-11(2)20)13-7-5-6-8-15(13)18/h5-8,14H,4,9-10H2,1-3H3/t14-,17-/m1/s1. The monoisotopic (exact) mass is 321 g/mol. The van der Waals surface area contributed by atoms with Crippen LogP contribution in [0.4, 0.5) is 0 Å². The second-order valence-electron chi connectivity index (χ2n) is 5.67. The summed E-state index contributed by atoms with van der Waals surface area (Å²) in [6.07, 6.45) is 1.48. The van der Waals surface area contributed by atoms with Gasteiger partial charge in [0.05, 0.1) is 0 Å². The molecular formula is C17H20ClNO3. The minimum atomic E-state index is -1.06. The van der Waals surface area contributed by atoms with Gasteiger partial charge in [-0.15, -0.1) is 0 Å². The van der Waals surface area contributed by atoms with Gasteiger partial charge in [0.15, 0.2) is 11.4 Å². The number of carbonyl (C=O) groups excluding carboxylic acids is 2. The molecule has 0 N–H and O–H groups in total. The van der Waals surface area contributed by atoms with E-state index in [2.05, 4.69) is 4.99 Å². The fraction of sp³-hybridized carbons (Fsp3) is 0.471. The zero-order valence-electron chi connectivity index (χ0n) is 13.1. The number of halogens is 1. The first-order chi connectivity index (χ1) is 10.4. The number of esters is 1. The number of Topliss-reactive ketones (excluding diaryl/α,β-unsaturated/α-hetero) is 1. The van der Waals surface area contributed by atoms with E-state index in [9.17, 15) is 9.59 Å². The molecule has 0 aliphatic carbocycles. The van der Waals surface area contributed by atoms with E-state index < -0.39 is 17.4 Å². The molecule has 0 aromatic heterocycles. The fourth-order valence-corrected chi connectivity index (χ4v) is 3.35. The van der Waals surface area contributed by atoms with E-state index in [1.54, 1.807) is 13.0 Å². The molecule has 0 radical (unpaired) electrons. The molecule has 0 spiro atoms. The number of hydrogen-bond donors (Lipinski definition) is 0. The average Bonchev–Trinajstić information content (AvgIpc) is 2.72. The smallest absolute Gasteiger partial charge is 0.341 e. The molecule has 1 heterocycles. The van der Waals surface area contributed by atoms with Gasteiger partial charge in [-0.1, -0.05) is 43.1 Å². The van der Waals surface area contributed by atoms with Crippen LogP contribution in [0.3, 0.4) is 0 Å². The van der Waals surface area contributed by atoms with Crippen molar-refractivity contribution in [1.82, 2.24) is 0 Å². The number of nitrogens with zero attached hydrogens (tertiary/aromatic N) is 1. The first kappa shape index (κ1) is 16.7. The van der Waals surface area contributed by atoms with Crippen LogP contribution in [-0.4, -0.2) is 23.2 Å². The second kappa shape index (κ2) is 6.61. The Hall–Kier alpha value is -1.68. The predicted molar refractivity (Wildman–Crippen MR) is 86.3 cm³/mol. The third-order valence-electron chi connectivity index (χ3n) is 3.93. The van der Waals surface area contributed by atoms with E-state index >= 15 is 0 Å². The van der Waals surface area contributed by atoms with Crippen LogP contribution >= 0.6 is 11.6 Å². The maximum atomic E-state index is 12.5. The molecule has 1 aliphatic heterocycles. The van der Waals surface area contributed by atoms with Crippen LogP contribution < -0.4 is 0 Å². The van der Waals surface area contributed by atoms with E-state index in [0.29, 0.717) is 17.3 Å². The summed E-state index contributed by atoms with van der Waals surface area (Å²) >= 11 is 6.32. The summed E-state index contributed by atoms with van der Waals surface area (Å²) in [4.78, 5) is 28.8. The van der Waals surface area contributed by atoms with Gasteiger partial charge < -0.3 is 9.53 Å². The SMILES string of the molecule is CCC[C@]1([C@H](CC(C)=O)c2ccccc2Cl)N=C(C)OC1=O. The van der Waals surface area contributed by atoms with Crippen LogP contribution in [0, 0.1) is 0 Å². The number of ketones is 1. The Morgan fingerprint density at radius 1 is 1.41 bits per heavy atom. The summed E-state index contributed by atoms with van der Waals surface area (Å²) in [5, 5.41) is 0.539. The van der Waals surface area contributed by atoms with Crippen LogP contribution in [0.1, 0.15) is 51.5 Å². The Morgan fingerprint density at radius 2 is 2.09 bits per heavy atom. The van der Waals surface area contributed by atoms with Gasteiger partial charge in [-0.25, -0.2) is 9.79 Å². The Labute approximate surface area is 135 Å². The van der Waals surface area contributed by atoms with Gasteiger partial charge in [-0.2, -0.15) is 0 Å². The third kappa shape index (κ3) is 3.07. The first-order valence-corrected chi connectivity index (χ1v) is 7.81. The first-order valence-electron chi connectivity index (χ1n) is 7.43. The summed E-state index contributed by atoms with van der Waals surface area (Å²) in [5.41, 5.74) is -0.293. The second-order valence-corrected chi connectivity index (χ2v) is 6.08. The van der Waals surface area contributed by atoms with Crippen molar-refractivity contribution in [3.05, 3.63) is 34.9 Å². The van der Waals surface area contributed by atoms with E-state index in [1.807, 2.05) is 25.1 Å². The molecule has 0 unspecified atom stereocenters. The largest absolute Gasteiger partial charge is 0.410 e. The highest BCUT2D eigenvalue weighted by molar-refractivity contribution is 6.31. The third-order valence-corrected chi connectivity index (χ3v) is 4.27. The lowest BCUT2D eigenvalue weighted by atomic mass is 9.74. The lowest BCUT2D eigenvalue weighted by molar-refractivity contribution is -0.140. The maximum Gasteiger partial charge on any atom is 0.341 e. The minimum Gasteiger partial charge on any atom is -0.410 e. The van der Waals surface area contributed by atoms with Gasteiger partial charge >= 0.3 is 5.97 Å². The van der Waals surface area contributed by atoms with E-state index in [0.717, 1.165) is 12.0 Å². The summed E-state index contributed by atoms with van der Waals surface area (Å²) in [7, 11) is 0. The molecule has 0 amide bonds. The van der Waals surface area contributed by atoms with Crippen molar-refractivity contribution in [1.29, 1.82) is 0 Å². The predicted octanol–water partition coefficient (Wildman–Crippen LogP) is 3.92. The molecule has 0 saturated carbocycles. The summed E-state index contributed by atoms with van der Waals surface area (Å²) in [6.45, 7) is 5.16. The molecular weight excluding hydrogens is 302 g/mol. The lowest BCUT2D eigenvalue weighted by Gasteiger charge is -2.31. The number of hydrogen-bond acceptors (Lipinski definition) is 4. The highest BCUT2D eigenvalue weighted by Gasteiger charge is 2.51. The average molecular weight is 322 g/mol. The molecule has 22 heavy (non-hydrogen) atoms. The van der Waals surface area contributed by atoms with E-state index in [-0.39, 0.29) is 12.2 Å². The van der Waals surface area contributed by atoms with Gasteiger partial charge in [-0.05, 0) is 25.0 Å². The highest BCUT2D eigenvalue weighted by atomic mass is 35.5. The molecule has 1 aromatic rings. The Balaban J connectivity index is 2.58. The van der Waals surface area contributed by atoms with Gasteiger partial charge in [0.2, 0.25) is 0 Å². The molecule has 0 bridgehead atoms. The number of carbonyl (C=O) groups is 2. The van der Waals surface area contributed by atoms with Gasteiger partial charge in [0.1, 0.15) is 5.78 Å². The van der Waals surface area contributed by atoms with Gasteiger partial charge in [0, 0.05) is 24.3 Å². The van der Waals surface area contributed by atoms with Crippen molar-refractivity contribution < 1.29 is 14.3 Å². The Bertz CT molecular complexity index is 626. The van der Waals surface area contributed by atoms with E-state index in [1.165, 1.54) is 6.92 Å². The van der Waals surface area contributed by atoms with Crippen molar-refractivity contribution in [2.24, 2.45) is 4.99 Å². The molecule has 5 heteroatoms. The minimum absolute atomic E-state index is 0.00653. The molecule has 0 saturated heterocycles. The highest BCUT2D eigenvalue weighted by Crippen LogP contribution is 2.44. The van der Waals surface area contributed by atoms with Gasteiger partial charge in [0.25, 0.3) is 0 Å². The maximum absolute atomic E-state index is 12.5. The molecule has 1 aliphatic rings. The van der Waals surface area contributed by atoms with Crippen molar-refractivity contribution in [2.75, 3.05) is 0 Å². The molecule has 0 fully saturated rings. The zero-order valence-corrected chi connectivity index (χ0v) is 13.8. The lowest BCUT2D eigenvalue weighted by Crippen LogP contribution is -2.41. The van der Waals surface area contributed by atoms with E-state index in [4.69, 9.17) is 16.3 Å². The number of aliphatic imine (C=N–C) groups is 1. The molecule has 4 nitrogen and oxygen atoms in total. The van der Waals surface area contributed by atoms with Crippen LogP contribution in [0.15, 0.2) is 29.3 Å².